The Bertz CT molecular complexity index is 450. The normalized spacial score (nSPS) is 15.3. The van der Waals surface area contributed by atoms with Crippen LogP contribution in [0.4, 0.5) is 0 Å². The Kier molecular flexibility index (Phi) is 4.27. The van der Waals surface area contributed by atoms with E-state index in [1.165, 1.54) is 12.8 Å². The van der Waals surface area contributed by atoms with Crippen LogP contribution in [0.1, 0.15) is 48.6 Å². The van der Waals surface area contributed by atoms with Crippen LogP contribution in [0.25, 0.3) is 0 Å². The molecule has 19 heavy (non-hydrogen) atoms. The second-order valence-corrected chi connectivity index (χ2v) is 5.63. The largest absolute Gasteiger partial charge is 0.456 e. The number of hydrazine groups is 1. The molecule has 1 amide bonds. The van der Waals surface area contributed by atoms with Crippen LogP contribution in [0, 0.1) is 12.8 Å². The Morgan fingerprint density at radius 3 is 2.79 bits per heavy atom. The summed E-state index contributed by atoms with van der Waals surface area (Å²) in [5.41, 5.74) is 3.16. The van der Waals surface area contributed by atoms with Crippen molar-refractivity contribution in [3.8, 4) is 0 Å². The maximum atomic E-state index is 11.4. The topological polar surface area (TPSA) is 71.5 Å². The Balaban J connectivity index is 2.07. The summed E-state index contributed by atoms with van der Waals surface area (Å²) in [6, 6.07) is 2.28. The third kappa shape index (κ3) is 3.58. The van der Waals surface area contributed by atoms with Crippen molar-refractivity contribution in [2.45, 2.75) is 46.2 Å². The van der Waals surface area contributed by atoms with Crippen molar-refractivity contribution in [2.24, 2.45) is 11.8 Å². The van der Waals surface area contributed by atoms with Gasteiger partial charge >= 0.3 is 5.91 Å². The molecule has 2 rings (SSSR count). The smallest absolute Gasteiger partial charge is 0.300 e. The standard InChI is InChI=1S/C14H23N3O2/c1-9(2)17(7-11-4-5-11)8-12-6-13(14(18)16-15)19-10(12)3/h6,9,11H,4-5,7-8,15H2,1-3H3,(H,16,18). The molecule has 1 fully saturated rings. The van der Waals surface area contributed by atoms with Crippen LogP contribution >= 0.6 is 0 Å². The lowest BCUT2D eigenvalue weighted by Gasteiger charge is -2.26. The second-order valence-electron chi connectivity index (χ2n) is 5.63. The number of furan rings is 1. The van der Waals surface area contributed by atoms with Gasteiger partial charge in [-0.3, -0.25) is 15.1 Å². The van der Waals surface area contributed by atoms with Crippen molar-refractivity contribution in [1.82, 2.24) is 10.3 Å². The highest BCUT2D eigenvalue weighted by Crippen LogP contribution is 2.31. The summed E-state index contributed by atoms with van der Waals surface area (Å²) in [6.07, 6.45) is 2.68. The molecule has 5 nitrogen and oxygen atoms in total. The first-order valence-electron chi connectivity index (χ1n) is 6.85. The van der Waals surface area contributed by atoms with Gasteiger partial charge in [0.05, 0.1) is 0 Å². The summed E-state index contributed by atoms with van der Waals surface area (Å²) in [6.45, 7) is 8.23. The fourth-order valence-corrected chi connectivity index (χ4v) is 2.17. The monoisotopic (exact) mass is 265 g/mol. The molecule has 1 aliphatic rings. The third-order valence-corrected chi connectivity index (χ3v) is 3.67. The molecule has 0 aromatic carbocycles. The van der Waals surface area contributed by atoms with Gasteiger partial charge < -0.3 is 4.42 Å². The quantitative estimate of drug-likeness (QED) is 0.467. The predicted molar refractivity (Wildman–Crippen MR) is 73.4 cm³/mol. The number of aryl methyl sites for hydroxylation is 1. The number of nitrogens with two attached hydrogens (primary N) is 1. The lowest BCUT2D eigenvalue weighted by molar-refractivity contribution is 0.0924. The van der Waals surface area contributed by atoms with E-state index >= 15 is 0 Å². The van der Waals surface area contributed by atoms with E-state index < -0.39 is 0 Å². The number of amides is 1. The first kappa shape index (κ1) is 14.1. The van der Waals surface area contributed by atoms with Gasteiger partial charge in [-0.15, -0.1) is 0 Å². The van der Waals surface area contributed by atoms with Crippen LogP contribution in [0.15, 0.2) is 10.5 Å². The second kappa shape index (κ2) is 5.75. The van der Waals surface area contributed by atoms with Crippen molar-refractivity contribution in [3.63, 3.8) is 0 Å². The van der Waals surface area contributed by atoms with E-state index in [2.05, 4.69) is 24.2 Å². The van der Waals surface area contributed by atoms with Gasteiger partial charge in [0.1, 0.15) is 5.76 Å². The lowest BCUT2D eigenvalue weighted by Crippen LogP contribution is -2.32. The number of hydrogen-bond donors (Lipinski definition) is 2. The van der Waals surface area contributed by atoms with E-state index in [1.54, 1.807) is 6.07 Å². The van der Waals surface area contributed by atoms with E-state index in [0.29, 0.717) is 6.04 Å². The Hall–Kier alpha value is -1.33. The van der Waals surface area contributed by atoms with Gasteiger partial charge in [-0.1, -0.05) is 0 Å². The predicted octanol–water partition coefficient (Wildman–Crippen LogP) is 1.81. The maximum Gasteiger partial charge on any atom is 0.300 e. The molecule has 106 valence electrons. The first-order chi connectivity index (χ1) is 9.01. The van der Waals surface area contributed by atoms with Crippen LogP contribution < -0.4 is 11.3 Å². The minimum absolute atomic E-state index is 0.283. The number of hydrogen-bond acceptors (Lipinski definition) is 4. The average molecular weight is 265 g/mol. The molecule has 0 aliphatic heterocycles. The van der Waals surface area contributed by atoms with E-state index in [1.807, 2.05) is 6.92 Å². The first-order valence-corrected chi connectivity index (χ1v) is 6.85. The molecule has 1 aromatic rings. The SMILES string of the molecule is Cc1oc(C(=O)NN)cc1CN(CC1CC1)C(C)C. The number of nitrogen functional groups attached to an aromatic ring is 1. The Morgan fingerprint density at radius 2 is 2.26 bits per heavy atom. The highest BCUT2D eigenvalue weighted by molar-refractivity contribution is 5.91. The summed E-state index contributed by atoms with van der Waals surface area (Å²) < 4.78 is 5.45. The van der Waals surface area contributed by atoms with Gasteiger partial charge in [0.25, 0.3) is 0 Å². The third-order valence-electron chi connectivity index (χ3n) is 3.67. The molecular formula is C14H23N3O2. The van der Waals surface area contributed by atoms with Crippen LogP contribution in [0.5, 0.6) is 0 Å². The zero-order chi connectivity index (χ0) is 14.0. The number of nitrogens with one attached hydrogen (secondary N) is 1. The zero-order valence-electron chi connectivity index (χ0n) is 11.9. The van der Waals surface area contributed by atoms with Crippen molar-refractivity contribution in [3.05, 3.63) is 23.2 Å². The number of carbonyl (C=O) groups excluding carboxylic acids is 1. The van der Waals surface area contributed by atoms with Crippen molar-refractivity contribution < 1.29 is 9.21 Å². The molecule has 1 saturated carbocycles. The molecule has 1 heterocycles. The minimum Gasteiger partial charge on any atom is -0.456 e. The van der Waals surface area contributed by atoms with E-state index in [0.717, 1.165) is 30.3 Å². The molecule has 3 N–H and O–H groups in total. The van der Waals surface area contributed by atoms with E-state index in [4.69, 9.17) is 10.3 Å². The van der Waals surface area contributed by atoms with Crippen LogP contribution in [-0.4, -0.2) is 23.4 Å². The number of carbonyl (C=O) groups is 1. The van der Waals surface area contributed by atoms with Crippen molar-refractivity contribution in [1.29, 1.82) is 0 Å². The van der Waals surface area contributed by atoms with Crippen LogP contribution in [0.2, 0.25) is 0 Å². The molecule has 0 unspecified atom stereocenters. The molecule has 1 aromatic heterocycles. The van der Waals surface area contributed by atoms with Gasteiger partial charge in [0, 0.05) is 24.7 Å². The Morgan fingerprint density at radius 1 is 1.58 bits per heavy atom. The summed E-state index contributed by atoms with van der Waals surface area (Å²) >= 11 is 0. The molecule has 1 aliphatic carbocycles. The van der Waals surface area contributed by atoms with Gasteiger partial charge in [0.15, 0.2) is 5.76 Å². The van der Waals surface area contributed by atoms with Crippen LogP contribution in [0.3, 0.4) is 0 Å². The van der Waals surface area contributed by atoms with E-state index in [9.17, 15) is 4.79 Å². The Labute approximate surface area is 114 Å². The molecule has 0 saturated heterocycles. The fraction of sp³-hybridized carbons (Fsp3) is 0.643. The van der Waals surface area contributed by atoms with Crippen molar-refractivity contribution >= 4 is 5.91 Å². The average Bonchev–Trinajstić information content (AvgIpc) is 3.11. The highest BCUT2D eigenvalue weighted by Gasteiger charge is 2.26. The van der Waals surface area contributed by atoms with E-state index in [-0.39, 0.29) is 11.7 Å². The molecule has 0 bridgehead atoms. The molecular weight excluding hydrogens is 242 g/mol. The summed E-state index contributed by atoms with van der Waals surface area (Å²) in [5.74, 6) is 6.66. The zero-order valence-corrected chi connectivity index (χ0v) is 11.9. The van der Waals surface area contributed by atoms with Gasteiger partial charge in [-0.25, -0.2) is 5.84 Å². The lowest BCUT2D eigenvalue weighted by atomic mass is 10.2. The number of nitrogens with zero attached hydrogens (tertiary/aromatic N) is 1. The maximum absolute atomic E-state index is 11.4. The minimum atomic E-state index is -0.382. The molecule has 5 heteroatoms. The summed E-state index contributed by atoms with van der Waals surface area (Å²) in [5, 5.41) is 0. The van der Waals surface area contributed by atoms with Crippen LogP contribution in [-0.2, 0) is 6.54 Å². The summed E-state index contributed by atoms with van der Waals surface area (Å²) in [4.78, 5) is 13.9. The molecule has 0 spiro atoms. The van der Waals surface area contributed by atoms with Gasteiger partial charge in [-0.05, 0) is 45.6 Å². The van der Waals surface area contributed by atoms with Crippen molar-refractivity contribution in [2.75, 3.05) is 6.54 Å². The molecule has 0 atom stereocenters. The highest BCUT2D eigenvalue weighted by atomic mass is 16.4. The molecule has 0 radical (unpaired) electrons. The van der Waals surface area contributed by atoms with Gasteiger partial charge in [-0.2, -0.15) is 0 Å². The summed E-state index contributed by atoms with van der Waals surface area (Å²) in [7, 11) is 0. The fourth-order valence-electron chi connectivity index (χ4n) is 2.17. The number of rotatable bonds is 6. The van der Waals surface area contributed by atoms with Gasteiger partial charge in [0.2, 0.25) is 0 Å².